The third-order valence-electron chi connectivity index (χ3n) is 12.0. The quantitative estimate of drug-likeness (QED) is 0.366. The Morgan fingerprint density at radius 2 is 1.48 bits per heavy atom. The Balaban J connectivity index is 1.35. The third-order valence-corrected chi connectivity index (χ3v) is 16.6. The van der Waals surface area contributed by atoms with Crippen molar-refractivity contribution in [1.29, 1.82) is 0 Å². The van der Waals surface area contributed by atoms with Crippen LogP contribution in [-0.4, -0.2) is 41.3 Å². The van der Waals surface area contributed by atoms with Crippen LogP contribution in [-0.2, 0) is 4.79 Å². The Bertz CT molecular complexity index is 1130. The second-order valence-corrected chi connectivity index (χ2v) is 18.4. The summed E-state index contributed by atoms with van der Waals surface area (Å²) < 4.78 is 0. The van der Waals surface area contributed by atoms with E-state index >= 15 is 0 Å². The molecule has 2 unspecified atom stereocenters. The smallest absolute Gasteiger partial charge is 0.258 e. The number of ketones is 1. The molecule has 218 valence electrons. The van der Waals surface area contributed by atoms with Gasteiger partial charge in [0.05, 0.1) is 12.2 Å². The molecule has 4 nitrogen and oxygen atoms in total. The Morgan fingerprint density at radius 3 is 2.08 bits per heavy atom. The Morgan fingerprint density at radius 1 is 0.875 bits per heavy atom. The summed E-state index contributed by atoms with van der Waals surface area (Å²) in [6, 6.07) is 20.5. The molecule has 2 aromatic carbocycles. The van der Waals surface area contributed by atoms with E-state index in [-0.39, 0.29) is 33.8 Å². The van der Waals surface area contributed by atoms with Crippen LogP contribution in [0.1, 0.15) is 91.9 Å². The molecule has 3 aliphatic rings. The van der Waals surface area contributed by atoms with Gasteiger partial charge in [0.1, 0.15) is 5.78 Å². The Kier molecular flexibility index (Phi) is 8.26. The molecule has 0 heterocycles. The van der Waals surface area contributed by atoms with Crippen molar-refractivity contribution in [1.82, 2.24) is 0 Å². The summed E-state index contributed by atoms with van der Waals surface area (Å²) in [6.07, 6.45) is 7.79. The summed E-state index contributed by atoms with van der Waals surface area (Å²) in [5, 5.41) is 24.2. The van der Waals surface area contributed by atoms with Gasteiger partial charge in [0, 0.05) is 11.8 Å². The zero-order valence-electron chi connectivity index (χ0n) is 25.0. The molecule has 3 aliphatic carbocycles. The summed E-state index contributed by atoms with van der Waals surface area (Å²) in [5.41, 5.74) is -0.410. The number of hydrogen-bond donors (Lipinski definition) is 3. The highest BCUT2D eigenvalue weighted by Gasteiger charge is 2.58. The maximum Gasteiger partial charge on any atom is 0.258 e. The van der Waals surface area contributed by atoms with Gasteiger partial charge >= 0.3 is 0 Å². The van der Waals surface area contributed by atoms with Gasteiger partial charge in [-0.25, -0.2) is 0 Å². The Hall–Kier alpha value is -1.79. The first-order valence-corrected chi connectivity index (χ1v) is 17.6. The molecule has 0 radical (unpaired) electrons. The zero-order chi connectivity index (χ0) is 28.8. The summed E-state index contributed by atoms with van der Waals surface area (Å²) in [6.45, 7) is 8.92. The minimum atomic E-state index is -3.06. The minimum Gasteiger partial charge on any atom is -0.424 e. The number of hydrogen-bond acceptors (Lipinski definition) is 4. The normalized spacial score (nSPS) is 35.0. The van der Waals surface area contributed by atoms with Gasteiger partial charge in [-0.2, -0.15) is 0 Å². The number of carbonyl (C=O) groups excluding carboxylic acids is 1. The van der Waals surface area contributed by atoms with Crippen molar-refractivity contribution in [2.75, 3.05) is 0 Å². The van der Waals surface area contributed by atoms with Crippen molar-refractivity contribution in [2.45, 2.75) is 109 Å². The van der Waals surface area contributed by atoms with Gasteiger partial charge in [0.2, 0.25) is 0 Å². The van der Waals surface area contributed by atoms with E-state index in [9.17, 15) is 19.8 Å². The van der Waals surface area contributed by atoms with Gasteiger partial charge in [0.15, 0.2) is 0 Å². The summed E-state index contributed by atoms with van der Waals surface area (Å²) >= 11 is 0. The van der Waals surface area contributed by atoms with Gasteiger partial charge in [-0.1, -0.05) is 94.8 Å². The minimum absolute atomic E-state index is 0.0532. The maximum atomic E-state index is 12.7. The standard InChI is InChI=1S/C35H50O4Si/c1-33(2,40(39,27-13-7-5-8-14-27)28-15-9-6-10-16-28)21-11-12-25-24-26(36)19-22-34(25,3)30-20-23-35(4)29(32(30)38)17-18-31(35)37/h5-10,13-16,25-26,29-30,32,36,38-39H,11-12,17-24H2,1-4H3/t25-,26-,29?,30?,32-,34-,35-/m0/s1. The molecule has 3 fully saturated rings. The van der Waals surface area contributed by atoms with Crippen molar-refractivity contribution in [3.05, 3.63) is 60.7 Å². The summed E-state index contributed by atoms with van der Waals surface area (Å²) in [5.74, 6) is 0.893. The van der Waals surface area contributed by atoms with Gasteiger partial charge in [-0.05, 0) is 89.9 Å². The highest BCUT2D eigenvalue weighted by Crippen LogP contribution is 2.59. The predicted octanol–water partition coefficient (Wildman–Crippen LogP) is 5.61. The van der Waals surface area contributed by atoms with Crippen molar-refractivity contribution < 1.29 is 19.8 Å². The van der Waals surface area contributed by atoms with Gasteiger partial charge in [-0.3, -0.25) is 4.79 Å². The molecule has 40 heavy (non-hydrogen) atoms. The van der Waals surface area contributed by atoms with Crippen LogP contribution in [0, 0.1) is 28.6 Å². The van der Waals surface area contributed by atoms with E-state index in [0.29, 0.717) is 18.1 Å². The van der Waals surface area contributed by atoms with Crippen LogP contribution in [0.5, 0.6) is 0 Å². The summed E-state index contributed by atoms with van der Waals surface area (Å²) in [4.78, 5) is 25.3. The summed E-state index contributed by atoms with van der Waals surface area (Å²) in [7, 11) is -3.06. The molecular weight excluding hydrogens is 512 g/mol. The molecule has 0 aromatic heterocycles. The number of aliphatic hydroxyl groups excluding tert-OH is 2. The molecule has 3 N–H and O–H groups in total. The largest absolute Gasteiger partial charge is 0.424 e. The van der Waals surface area contributed by atoms with E-state index in [1.807, 2.05) is 36.4 Å². The fourth-order valence-electron chi connectivity index (χ4n) is 9.21. The second kappa shape index (κ2) is 11.1. The molecule has 7 atom stereocenters. The van der Waals surface area contributed by atoms with Crippen LogP contribution in [0.4, 0.5) is 0 Å². The number of aliphatic hydroxyl groups is 2. The van der Waals surface area contributed by atoms with Gasteiger partial charge < -0.3 is 15.0 Å². The van der Waals surface area contributed by atoms with Crippen LogP contribution >= 0.6 is 0 Å². The monoisotopic (exact) mass is 562 g/mol. The first-order valence-electron chi connectivity index (χ1n) is 15.7. The first-order chi connectivity index (χ1) is 18.9. The highest BCUT2D eigenvalue weighted by atomic mass is 28.4. The molecule has 0 spiro atoms. The van der Waals surface area contributed by atoms with E-state index < -0.39 is 14.4 Å². The molecule has 0 saturated heterocycles. The number of rotatable bonds is 8. The van der Waals surface area contributed by atoms with Crippen LogP contribution in [0.3, 0.4) is 0 Å². The lowest BCUT2D eigenvalue weighted by Gasteiger charge is -2.55. The lowest BCUT2D eigenvalue weighted by atomic mass is 9.51. The third kappa shape index (κ3) is 4.95. The van der Waals surface area contributed by atoms with Crippen LogP contribution < -0.4 is 10.4 Å². The van der Waals surface area contributed by atoms with Gasteiger partial charge in [-0.15, -0.1) is 0 Å². The SMILES string of the molecule is CC(C)(CCC[C@H]1C[C@@H](O)CC[C@]1(C)C1CC[C@]2(C)C(=O)CCC2[C@@H]1O)[Si](O)(c1ccccc1)c1ccccc1. The number of carbonyl (C=O) groups is 1. The van der Waals surface area contributed by atoms with E-state index in [4.69, 9.17) is 0 Å². The number of Topliss-reactive ketones (excluding diaryl/α,β-unsaturated/α-hetero) is 1. The van der Waals surface area contributed by atoms with Gasteiger partial charge in [0.25, 0.3) is 8.32 Å². The van der Waals surface area contributed by atoms with E-state index in [1.165, 1.54) is 0 Å². The molecule has 3 saturated carbocycles. The molecule has 2 aromatic rings. The van der Waals surface area contributed by atoms with Crippen LogP contribution in [0.2, 0.25) is 5.04 Å². The molecule has 5 rings (SSSR count). The van der Waals surface area contributed by atoms with E-state index in [0.717, 1.165) is 68.2 Å². The number of fused-ring (bicyclic) bond motifs is 1. The lowest BCUT2D eigenvalue weighted by molar-refractivity contribution is -0.145. The van der Waals surface area contributed by atoms with E-state index in [1.54, 1.807) is 0 Å². The molecule has 0 amide bonds. The Labute approximate surface area is 242 Å². The molecule has 0 bridgehead atoms. The average Bonchev–Trinajstić information content (AvgIpc) is 3.26. The molecule has 5 heteroatoms. The predicted molar refractivity (Wildman–Crippen MR) is 164 cm³/mol. The van der Waals surface area contributed by atoms with Crippen molar-refractivity contribution in [2.24, 2.45) is 28.6 Å². The maximum absolute atomic E-state index is 12.7. The second-order valence-electron chi connectivity index (χ2n) is 14.5. The fourth-order valence-corrected chi connectivity index (χ4v) is 13.0. The van der Waals surface area contributed by atoms with Crippen molar-refractivity contribution in [3.8, 4) is 0 Å². The first kappa shape index (κ1) is 29.7. The van der Waals surface area contributed by atoms with Crippen molar-refractivity contribution in [3.63, 3.8) is 0 Å². The average molecular weight is 563 g/mol. The van der Waals surface area contributed by atoms with Crippen LogP contribution in [0.15, 0.2) is 60.7 Å². The van der Waals surface area contributed by atoms with Crippen molar-refractivity contribution >= 4 is 24.5 Å². The highest BCUT2D eigenvalue weighted by molar-refractivity contribution is 6.98. The fraction of sp³-hybridized carbons (Fsp3) is 0.629. The number of benzene rings is 2. The molecular formula is C35H50O4Si. The zero-order valence-corrected chi connectivity index (χ0v) is 26.0. The lowest BCUT2D eigenvalue weighted by Crippen LogP contribution is -2.65. The van der Waals surface area contributed by atoms with Crippen LogP contribution in [0.25, 0.3) is 0 Å². The van der Waals surface area contributed by atoms with E-state index in [2.05, 4.69) is 52.0 Å². The molecule has 0 aliphatic heterocycles. The topological polar surface area (TPSA) is 77.8 Å².